The number of methoxy groups -OCH3 is 1. The molecule has 2 saturated heterocycles. The van der Waals surface area contributed by atoms with E-state index in [0.717, 1.165) is 17.6 Å². The Balaban J connectivity index is 1.64. The molecular formula is C25H36N2O8. The average molecular weight is 493 g/mol. The van der Waals surface area contributed by atoms with E-state index in [1.165, 1.54) is 13.2 Å². The van der Waals surface area contributed by atoms with E-state index >= 15 is 0 Å². The van der Waals surface area contributed by atoms with Crippen LogP contribution in [0, 0.1) is 6.92 Å². The largest absolute Gasteiger partial charge is 0.462 e. The minimum atomic E-state index is -1.33. The molecule has 0 amide bonds. The maximum Gasteiger partial charge on any atom is 0.338 e. The van der Waals surface area contributed by atoms with Gasteiger partial charge in [-0.2, -0.15) is 0 Å². The molecule has 2 N–H and O–H groups in total. The first-order chi connectivity index (χ1) is 16.5. The molecule has 2 aliphatic rings. The van der Waals surface area contributed by atoms with E-state index in [4.69, 9.17) is 23.4 Å². The minimum absolute atomic E-state index is 0.0281. The van der Waals surface area contributed by atoms with Gasteiger partial charge in [-0.05, 0) is 47.0 Å². The first-order valence-electron chi connectivity index (χ1n) is 11.8. The van der Waals surface area contributed by atoms with Gasteiger partial charge in [0, 0.05) is 43.8 Å². The molecule has 0 radical (unpaired) electrons. The van der Waals surface area contributed by atoms with E-state index in [2.05, 4.69) is 9.80 Å². The van der Waals surface area contributed by atoms with Crippen molar-refractivity contribution in [1.82, 2.24) is 4.90 Å². The molecule has 0 spiro atoms. The summed E-state index contributed by atoms with van der Waals surface area (Å²) in [6.07, 6.45) is -4.36. The Morgan fingerprint density at radius 3 is 2.66 bits per heavy atom. The summed E-state index contributed by atoms with van der Waals surface area (Å²) in [5.74, 6) is 0.383. The Morgan fingerprint density at radius 1 is 1.23 bits per heavy atom. The van der Waals surface area contributed by atoms with Crippen LogP contribution in [0.2, 0.25) is 0 Å². The van der Waals surface area contributed by atoms with Gasteiger partial charge < -0.3 is 43.4 Å². The predicted octanol–water partition coefficient (Wildman–Crippen LogP) is 1.12. The molecule has 3 heterocycles. The number of aliphatic hydroxyl groups is 2. The monoisotopic (exact) mass is 492 g/mol. The third kappa shape index (κ3) is 5.18. The number of hydrogen-bond donors (Lipinski definition) is 2. The fraction of sp³-hybridized carbons (Fsp3) is 0.640. The summed E-state index contributed by atoms with van der Waals surface area (Å²) in [5, 5.41) is 21.9. The zero-order chi connectivity index (χ0) is 25.5. The van der Waals surface area contributed by atoms with Crippen molar-refractivity contribution in [1.29, 1.82) is 0 Å². The van der Waals surface area contributed by atoms with Crippen LogP contribution in [0.3, 0.4) is 0 Å². The highest BCUT2D eigenvalue weighted by atomic mass is 16.7. The fourth-order valence-electron chi connectivity index (χ4n) is 5.00. The predicted molar refractivity (Wildman–Crippen MR) is 130 cm³/mol. The number of likely N-dealkylation sites (N-methyl/N-ethyl adjacent to an activating group) is 1. The number of ether oxygens (including phenoxy) is 4. The Hall–Kier alpha value is -2.21. The molecule has 1 aromatic heterocycles. The number of aryl methyl sites for hydroxylation is 1. The Labute approximate surface area is 204 Å². The number of nitrogens with zero attached hydrogens (tertiary/aromatic N) is 2. The van der Waals surface area contributed by atoms with Gasteiger partial charge in [-0.1, -0.05) is 0 Å². The van der Waals surface area contributed by atoms with Gasteiger partial charge in [-0.25, -0.2) is 4.79 Å². The molecule has 5 atom stereocenters. The molecule has 1 aromatic carbocycles. The van der Waals surface area contributed by atoms with Crippen LogP contribution in [0.1, 0.15) is 19.4 Å². The van der Waals surface area contributed by atoms with E-state index in [9.17, 15) is 15.0 Å². The summed E-state index contributed by atoms with van der Waals surface area (Å²) < 4.78 is 28.8. The molecule has 1 unspecified atom stereocenters. The number of morpholine rings is 1. The normalized spacial score (nSPS) is 29.1. The lowest BCUT2D eigenvalue weighted by Crippen LogP contribution is -2.63. The molecular weight excluding hydrogens is 456 g/mol. The van der Waals surface area contributed by atoms with Gasteiger partial charge in [-0.3, -0.25) is 0 Å². The van der Waals surface area contributed by atoms with E-state index in [1.807, 2.05) is 20.2 Å². The van der Waals surface area contributed by atoms with Crippen molar-refractivity contribution in [3.63, 3.8) is 0 Å². The molecule has 10 heteroatoms. The quantitative estimate of drug-likeness (QED) is 0.569. The van der Waals surface area contributed by atoms with Crippen LogP contribution in [0.15, 0.2) is 27.4 Å². The zero-order valence-corrected chi connectivity index (χ0v) is 21.2. The minimum Gasteiger partial charge on any atom is -0.462 e. The van der Waals surface area contributed by atoms with Crippen LogP contribution in [-0.4, -0.2) is 98.9 Å². The van der Waals surface area contributed by atoms with Gasteiger partial charge in [0.05, 0.1) is 24.0 Å². The lowest BCUT2D eigenvalue weighted by Gasteiger charge is -2.46. The topological polar surface area (TPSA) is 114 Å². The first-order valence-corrected chi connectivity index (χ1v) is 11.8. The number of anilines is 1. The van der Waals surface area contributed by atoms with Crippen LogP contribution < -0.4 is 15.3 Å². The van der Waals surface area contributed by atoms with Crippen LogP contribution in [-0.2, 0) is 14.2 Å². The van der Waals surface area contributed by atoms with Crippen LogP contribution in [0.25, 0.3) is 11.0 Å². The van der Waals surface area contributed by atoms with Gasteiger partial charge in [0.2, 0.25) is 6.29 Å². The van der Waals surface area contributed by atoms with E-state index in [0.29, 0.717) is 36.6 Å². The zero-order valence-electron chi connectivity index (χ0n) is 21.2. The summed E-state index contributed by atoms with van der Waals surface area (Å²) in [4.78, 5) is 16.7. The van der Waals surface area contributed by atoms with Crippen molar-refractivity contribution in [2.24, 2.45) is 0 Å². The molecule has 10 nitrogen and oxygen atoms in total. The Morgan fingerprint density at radius 2 is 1.97 bits per heavy atom. The van der Waals surface area contributed by atoms with Gasteiger partial charge in [-0.15, -0.1) is 0 Å². The summed E-state index contributed by atoms with van der Waals surface area (Å²) in [5.41, 5.74) is 0.419. The summed E-state index contributed by atoms with van der Waals surface area (Å²) in [6, 6.07) is 5.11. The van der Waals surface area contributed by atoms with Crippen molar-refractivity contribution >= 4 is 16.7 Å². The van der Waals surface area contributed by atoms with Crippen LogP contribution >= 0.6 is 0 Å². The molecule has 2 aliphatic heterocycles. The fourth-order valence-corrected chi connectivity index (χ4v) is 5.00. The number of benzene rings is 1. The Kier molecular flexibility index (Phi) is 7.42. The van der Waals surface area contributed by atoms with Crippen LogP contribution in [0.5, 0.6) is 5.75 Å². The number of aliphatic hydroxyl groups excluding tert-OH is 2. The van der Waals surface area contributed by atoms with Crippen molar-refractivity contribution in [3.05, 3.63) is 34.2 Å². The molecule has 194 valence electrons. The maximum atomic E-state index is 12.5. The summed E-state index contributed by atoms with van der Waals surface area (Å²) in [6.45, 7) is 7.97. The summed E-state index contributed by atoms with van der Waals surface area (Å²) >= 11 is 0. The van der Waals surface area contributed by atoms with E-state index in [1.54, 1.807) is 26.8 Å². The second kappa shape index (κ2) is 10.0. The average Bonchev–Trinajstić information content (AvgIpc) is 2.78. The van der Waals surface area contributed by atoms with E-state index < -0.39 is 35.8 Å². The number of rotatable bonds is 6. The van der Waals surface area contributed by atoms with Crippen molar-refractivity contribution in [3.8, 4) is 5.75 Å². The van der Waals surface area contributed by atoms with E-state index in [-0.39, 0.29) is 6.10 Å². The van der Waals surface area contributed by atoms with Gasteiger partial charge >= 0.3 is 5.63 Å². The maximum absolute atomic E-state index is 12.5. The number of fused-ring (bicyclic) bond motifs is 1. The third-order valence-electron chi connectivity index (χ3n) is 6.68. The highest BCUT2D eigenvalue weighted by Crippen LogP contribution is 2.36. The molecule has 2 fully saturated rings. The standard InChI is InChI=1S/C25H36N2O8/c1-14-18(33-24-21(30)20(29)23(31-6)25(2,3)35-24)8-7-16-17(11-19(28)34-22(14)16)27-9-10-32-15(13-27)12-26(4)5/h7-8,11,15,20-21,23-24,29-30H,9-10,12-13H2,1-6H3/t15?,20-,21+,23+,24+/m0/s1. The van der Waals surface area contributed by atoms with Gasteiger partial charge in [0.15, 0.2) is 0 Å². The van der Waals surface area contributed by atoms with Crippen LogP contribution in [0.4, 0.5) is 5.69 Å². The second-order valence-electron chi connectivity index (χ2n) is 10.1. The molecule has 35 heavy (non-hydrogen) atoms. The Bertz CT molecular complexity index is 1100. The lowest BCUT2D eigenvalue weighted by atomic mass is 9.89. The highest BCUT2D eigenvalue weighted by molar-refractivity contribution is 5.93. The SMILES string of the molecule is CO[C@@H]1[C@@H](O)[C@@H](O)[C@H](Oc2ccc3c(N4CCOC(CN(C)C)C4)cc(=O)oc3c2C)OC1(C)C. The molecule has 2 aromatic rings. The van der Waals surface area contributed by atoms with Gasteiger partial charge in [0.25, 0.3) is 0 Å². The highest BCUT2D eigenvalue weighted by Gasteiger charge is 2.50. The molecule has 4 rings (SSSR count). The smallest absolute Gasteiger partial charge is 0.338 e. The lowest BCUT2D eigenvalue weighted by molar-refractivity contribution is -0.306. The summed E-state index contributed by atoms with van der Waals surface area (Å²) in [7, 11) is 5.46. The second-order valence-corrected chi connectivity index (χ2v) is 10.1. The molecule has 0 saturated carbocycles. The first kappa shape index (κ1) is 25.9. The van der Waals surface area contributed by atoms with Gasteiger partial charge in [0.1, 0.15) is 29.6 Å². The molecule has 0 aliphatic carbocycles. The van der Waals surface area contributed by atoms with Crippen molar-refractivity contribution in [2.75, 3.05) is 52.3 Å². The number of hydrogen-bond acceptors (Lipinski definition) is 10. The van der Waals surface area contributed by atoms with Crippen molar-refractivity contribution in [2.45, 2.75) is 57.1 Å². The van der Waals surface area contributed by atoms with Crippen molar-refractivity contribution < 1.29 is 33.6 Å². The third-order valence-corrected chi connectivity index (χ3v) is 6.68. The molecule has 0 bridgehead atoms.